The van der Waals surface area contributed by atoms with E-state index >= 15 is 0 Å². The summed E-state index contributed by atoms with van der Waals surface area (Å²) in [5, 5.41) is 8.91. The zero-order valence-corrected chi connectivity index (χ0v) is 13.3. The van der Waals surface area contributed by atoms with E-state index in [1.54, 1.807) is 0 Å². The molecule has 0 saturated heterocycles. The Labute approximate surface area is 136 Å². The highest BCUT2D eigenvalue weighted by Gasteiger charge is 2.31. The van der Waals surface area contributed by atoms with Crippen LogP contribution < -0.4 is 0 Å². The molecule has 0 aliphatic heterocycles. The third-order valence-corrected chi connectivity index (χ3v) is 5.13. The molecule has 24 heavy (non-hydrogen) atoms. The number of benzene rings is 2. The smallest absolute Gasteiger partial charge is 0.416 e. The Kier molecular flexibility index (Phi) is 4.70. The van der Waals surface area contributed by atoms with Gasteiger partial charge in [0.15, 0.2) is 9.84 Å². The lowest BCUT2D eigenvalue weighted by Gasteiger charge is -2.12. The molecule has 0 fully saturated rings. The summed E-state index contributed by atoms with van der Waals surface area (Å²) in [5.74, 6) is -1.94. The lowest BCUT2D eigenvalue weighted by Crippen LogP contribution is -2.10. The number of sulfone groups is 1. The molecule has 0 aliphatic rings. The number of aryl methyl sites for hydroxylation is 1. The second-order valence-electron chi connectivity index (χ2n) is 5.23. The van der Waals surface area contributed by atoms with Gasteiger partial charge in [0.1, 0.15) is 0 Å². The van der Waals surface area contributed by atoms with Crippen molar-refractivity contribution in [2.75, 3.05) is 0 Å². The summed E-state index contributed by atoms with van der Waals surface area (Å²) >= 11 is 0. The van der Waals surface area contributed by atoms with Crippen LogP contribution in [0, 0.1) is 6.92 Å². The fraction of sp³-hybridized carbons (Fsp3) is 0.188. The first-order chi connectivity index (χ1) is 11.0. The highest BCUT2D eigenvalue weighted by Crippen LogP contribution is 2.31. The molecule has 2 aromatic rings. The van der Waals surface area contributed by atoms with E-state index in [0.29, 0.717) is 5.56 Å². The number of carbonyl (C=O) groups is 1. The highest BCUT2D eigenvalue weighted by molar-refractivity contribution is 7.90. The molecular weight excluding hydrogens is 345 g/mol. The largest absolute Gasteiger partial charge is 0.478 e. The van der Waals surface area contributed by atoms with Crippen LogP contribution in [0.5, 0.6) is 0 Å². The summed E-state index contributed by atoms with van der Waals surface area (Å²) in [5.41, 5.74) is -0.721. The Morgan fingerprint density at radius 2 is 1.79 bits per heavy atom. The molecule has 8 heteroatoms. The lowest BCUT2D eigenvalue weighted by atomic mass is 10.1. The van der Waals surface area contributed by atoms with Gasteiger partial charge in [-0.3, -0.25) is 0 Å². The average Bonchev–Trinajstić information content (AvgIpc) is 2.48. The third kappa shape index (κ3) is 3.94. The van der Waals surface area contributed by atoms with Crippen LogP contribution in [0.1, 0.15) is 27.0 Å². The van der Waals surface area contributed by atoms with Crippen LogP contribution in [0.15, 0.2) is 47.4 Å². The maximum Gasteiger partial charge on any atom is 0.416 e. The van der Waals surface area contributed by atoms with Crippen molar-refractivity contribution in [1.82, 2.24) is 0 Å². The van der Waals surface area contributed by atoms with Crippen LogP contribution in [0.25, 0.3) is 0 Å². The molecule has 2 aromatic carbocycles. The van der Waals surface area contributed by atoms with Gasteiger partial charge in [0.05, 0.1) is 21.8 Å². The number of carboxylic acids is 1. The Bertz CT molecular complexity index is 886. The van der Waals surface area contributed by atoms with Gasteiger partial charge in [0.25, 0.3) is 0 Å². The third-order valence-electron chi connectivity index (χ3n) is 3.46. The maximum atomic E-state index is 12.8. The number of hydrogen-bond donors (Lipinski definition) is 1. The summed E-state index contributed by atoms with van der Waals surface area (Å²) in [7, 11) is -3.98. The maximum absolute atomic E-state index is 12.8. The van der Waals surface area contributed by atoms with Crippen molar-refractivity contribution in [3.8, 4) is 0 Å². The lowest BCUT2D eigenvalue weighted by molar-refractivity contribution is -0.137. The van der Waals surface area contributed by atoms with Crippen LogP contribution in [0.2, 0.25) is 0 Å². The molecule has 1 N–H and O–H groups in total. The summed E-state index contributed by atoms with van der Waals surface area (Å²) in [6.45, 7) is 1.51. The molecule has 0 unspecified atom stereocenters. The number of carboxylic acid groups (broad SMARTS) is 1. The molecule has 0 spiro atoms. The van der Waals surface area contributed by atoms with E-state index in [9.17, 15) is 26.4 Å². The van der Waals surface area contributed by atoms with E-state index in [1.807, 2.05) is 0 Å². The molecule has 0 radical (unpaired) electrons. The summed E-state index contributed by atoms with van der Waals surface area (Å²) in [4.78, 5) is 10.7. The van der Waals surface area contributed by atoms with Crippen molar-refractivity contribution >= 4 is 15.8 Å². The Hall–Kier alpha value is -2.35. The molecule has 0 bridgehead atoms. The van der Waals surface area contributed by atoms with Gasteiger partial charge in [-0.05, 0) is 48.4 Å². The van der Waals surface area contributed by atoms with E-state index in [1.165, 1.54) is 31.2 Å². The molecule has 2 rings (SSSR count). The number of halogens is 3. The molecule has 0 saturated carbocycles. The van der Waals surface area contributed by atoms with Crippen molar-refractivity contribution < 1.29 is 31.5 Å². The Morgan fingerprint density at radius 3 is 2.38 bits per heavy atom. The van der Waals surface area contributed by atoms with Crippen LogP contribution in [0.4, 0.5) is 13.2 Å². The number of rotatable bonds is 4. The molecule has 0 aliphatic carbocycles. The number of hydrogen-bond acceptors (Lipinski definition) is 3. The van der Waals surface area contributed by atoms with Crippen molar-refractivity contribution in [2.24, 2.45) is 0 Å². The molecular formula is C16H13F3O4S. The van der Waals surface area contributed by atoms with Gasteiger partial charge in [-0.25, -0.2) is 13.2 Å². The van der Waals surface area contributed by atoms with Gasteiger partial charge >= 0.3 is 12.1 Å². The molecule has 0 amide bonds. The second kappa shape index (κ2) is 6.27. The topological polar surface area (TPSA) is 71.4 Å². The van der Waals surface area contributed by atoms with E-state index < -0.39 is 33.3 Å². The normalized spacial score (nSPS) is 12.2. The SMILES string of the molecule is Cc1ccc(C(F)(F)F)cc1CS(=O)(=O)c1cccc(C(=O)O)c1. The zero-order chi connectivity index (χ0) is 18.1. The minimum absolute atomic E-state index is 0.0190. The average molecular weight is 358 g/mol. The van der Waals surface area contributed by atoms with Crippen LogP contribution in [-0.4, -0.2) is 19.5 Å². The highest BCUT2D eigenvalue weighted by atomic mass is 32.2. The first-order valence-electron chi connectivity index (χ1n) is 6.73. The Morgan fingerprint density at radius 1 is 1.12 bits per heavy atom. The molecule has 128 valence electrons. The van der Waals surface area contributed by atoms with Gasteiger partial charge in [-0.2, -0.15) is 13.2 Å². The Balaban J connectivity index is 2.43. The number of alkyl halides is 3. The molecule has 0 aromatic heterocycles. The van der Waals surface area contributed by atoms with Gasteiger partial charge in [-0.15, -0.1) is 0 Å². The van der Waals surface area contributed by atoms with Crippen molar-refractivity contribution in [2.45, 2.75) is 23.7 Å². The van der Waals surface area contributed by atoms with Crippen molar-refractivity contribution in [3.63, 3.8) is 0 Å². The molecule has 0 atom stereocenters. The minimum atomic E-state index is -4.57. The van der Waals surface area contributed by atoms with Gasteiger partial charge in [0, 0.05) is 0 Å². The van der Waals surface area contributed by atoms with Crippen LogP contribution in [0.3, 0.4) is 0 Å². The second-order valence-corrected chi connectivity index (χ2v) is 7.22. The van der Waals surface area contributed by atoms with E-state index in [4.69, 9.17) is 5.11 Å². The monoisotopic (exact) mass is 358 g/mol. The quantitative estimate of drug-likeness (QED) is 0.905. The fourth-order valence-corrected chi connectivity index (χ4v) is 3.59. The van der Waals surface area contributed by atoms with Crippen LogP contribution >= 0.6 is 0 Å². The first-order valence-corrected chi connectivity index (χ1v) is 8.39. The van der Waals surface area contributed by atoms with Gasteiger partial charge in [-0.1, -0.05) is 12.1 Å². The summed E-state index contributed by atoms with van der Waals surface area (Å²) in [6.07, 6.45) is -4.57. The van der Waals surface area contributed by atoms with Crippen molar-refractivity contribution in [3.05, 3.63) is 64.7 Å². The predicted octanol–water partition coefficient (Wildman–Crippen LogP) is 3.69. The summed E-state index contributed by atoms with van der Waals surface area (Å²) in [6, 6.07) is 7.60. The van der Waals surface area contributed by atoms with Crippen LogP contribution in [-0.2, 0) is 21.8 Å². The van der Waals surface area contributed by atoms with Crippen molar-refractivity contribution in [1.29, 1.82) is 0 Å². The number of aromatic carboxylic acids is 1. The fourth-order valence-electron chi connectivity index (χ4n) is 2.11. The molecule has 4 nitrogen and oxygen atoms in total. The van der Waals surface area contributed by atoms with E-state index in [0.717, 1.165) is 18.2 Å². The van der Waals surface area contributed by atoms with Gasteiger partial charge in [0.2, 0.25) is 0 Å². The predicted molar refractivity (Wildman–Crippen MR) is 80.5 cm³/mol. The van der Waals surface area contributed by atoms with E-state index in [-0.39, 0.29) is 16.0 Å². The first kappa shape index (κ1) is 18.0. The zero-order valence-electron chi connectivity index (χ0n) is 12.5. The standard InChI is InChI=1S/C16H13F3O4S/c1-10-5-6-13(16(17,18)19)7-12(10)9-24(22,23)14-4-2-3-11(8-14)15(20)21/h2-8H,9H2,1H3,(H,20,21). The minimum Gasteiger partial charge on any atom is -0.478 e. The van der Waals surface area contributed by atoms with E-state index in [2.05, 4.69) is 0 Å². The summed E-state index contributed by atoms with van der Waals surface area (Å²) < 4.78 is 63.2. The van der Waals surface area contributed by atoms with Gasteiger partial charge < -0.3 is 5.11 Å². The molecule has 0 heterocycles.